The number of amides is 2. The quantitative estimate of drug-likeness (QED) is 0.692. The second-order valence-electron chi connectivity index (χ2n) is 7.21. The first-order valence-electron chi connectivity index (χ1n) is 7.70. The molecule has 8 heteroatoms. The number of hydrogen-bond donors (Lipinski definition) is 3. The number of aliphatic carboxylic acids is 1. The molecule has 1 heterocycles. The molecule has 3 atom stereocenters. The lowest BCUT2D eigenvalue weighted by atomic mass is 10.0. The van der Waals surface area contributed by atoms with Crippen LogP contribution in [-0.2, 0) is 14.3 Å². The second kappa shape index (κ2) is 7.16. The lowest BCUT2D eigenvalue weighted by Crippen LogP contribution is -2.54. The van der Waals surface area contributed by atoms with Gasteiger partial charge < -0.3 is 25.8 Å². The minimum Gasteiger partial charge on any atom is -0.480 e. The first-order chi connectivity index (χ1) is 10.4. The zero-order valence-corrected chi connectivity index (χ0v) is 14.3. The number of carbonyl (C=O) groups is 3. The number of likely N-dealkylation sites (tertiary alicyclic amines) is 1. The molecular formula is C15H27N3O5. The van der Waals surface area contributed by atoms with Gasteiger partial charge in [-0.15, -0.1) is 0 Å². The third kappa shape index (κ3) is 5.38. The number of carbonyl (C=O) groups excluding carboxylic acids is 2. The van der Waals surface area contributed by atoms with Gasteiger partial charge in [0.05, 0.1) is 0 Å². The fourth-order valence-corrected chi connectivity index (χ4v) is 2.47. The van der Waals surface area contributed by atoms with Crippen LogP contribution in [-0.4, -0.2) is 58.2 Å². The van der Waals surface area contributed by atoms with Gasteiger partial charge in [0.25, 0.3) is 0 Å². The van der Waals surface area contributed by atoms with Crippen LogP contribution in [0.3, 0.4) is 0 Å². The molecule has 0 radical (unpaired) electrons. The van der Waals surface area contributed by atoms with Crippen LogP contribution >= 0.6 is 0 Å². The minimum atomic E-state index is -1.09. The van der Waals surface area contributed by atoms with E-state index in [4.69, 9.17) is 10.5 Å². The van der Waals surface area contributed by atoms with Gasteiger partial charge in [-0.1, -0.05) is 13.8 Å². The van der Waals surface area contributed by atoms with Crippen molar-refractivity contribution in [3.05, 3.63) is 0 Å². The highest BCUT2D eigenvalue weighted by Crippen LogP contribution is 2.20. The Kier molecular flexibility index (Phi) is 5.98. The zero-order chi connectivity index (χ0) is 17.9. The molecule has 0 bridgehead atoms. The molecule has 0 aromatic rings. The summed E-state index contributed by atoms with van der Waals surface area (Å²) in [5.41, 5.74) is 5.10. The van der Waals surface area contributed by atoms with Crippen molar-refractivity contribution in [3.8, 4) is 0 Å². The zero-order valence-electron chi connectivity index (χ0n) is 14.3. The maximum atomic E-state index is 12.7. The van der Waals surface area contributed by atoms with E-state index in [9.17, 15) is 19.5 Å². The molecule has 0 aromatic heterocycles. The molecule has 1 fully saturated rings. The highest BCUT2D eigenvalue weighted by Gasteiger charge is 2.41. The highest BCUT2D eigenvalue weighted by atomic mass is 16.6. The second-order valence-corrected chi connectivity index (χ2v) is 7.21. The summed E-state index contributed by atoms with van der Waals surface area (Å²) in [6, 6.07) is -2.20. The van der Waals surface area contributed by atoms with Crippen LogP contribution in [0.1, 0.15) is 41.0 Å². The van der Waals surface area contributed by atoms with Crippen LogP contribution in [0.15, 0.2) is 0 Å². The Balaban J connectivity index is 2.86. The maximum Gasteiger partial charge on any atom is 0.408 e. The number of ether oxygens (including phenoxy) is 1. The van der Waals surface area contributed by atoms with E-state index in [0.29, 0.717) is 0 Å². The Hall–Kier alpha value is -1.83. The van der Waals surface area contributed by atoms with Crippen LogP contribution < -0.4 is 11.1 Å². The van der Waals surface area contributed by atoms with Gasteiger partial charge in [-0.25, -0.2) is 9.59 Å². The molecule has 8 nitrogen and oxygen atoms in total. The first-order valence-corrected chi connectivity index (χ1v) is 7.70. The van der Waals surface area contributed by atoms with Crippen molar-refractivity contribution in [1.82, 2.24) is 10.2 Å². The van der Waals surface area contributed by atoms with E-state index in [1.807, 2.05) is 0 Å². The molecule has 4 N–H and O–H groups in total. The van der Waals surface area contributed by atoms with Gasteiger partial charge >= 0.3 is 12.1 Å². The van der Waals surface area contributed by atoms with Crippen molar-refractivity contribution < 1.29 is 24.2 Å². The molecule has 1 saturated heterocycles. The monoisotopic (exact) mass is 329 g/mol. The Morgan fingerprint density at radius 1 is 1.30 bits per heavy atom. The Morgan fingerprint density at radius 2 is 1.87 bits per heavy atom. The summed E-state index contributed by atoms with van der Waals surface area (Å²) in [7, 11) is 0. The van der Waals surface area contributed by atoms with Gasteiger partial charge in [0, 0.05) is 12.6 Å². The van der Waals surface area contributed by atoms with E-state index in [1.54, 1.807) is 34.6 Å². The molecule has 1 rings (SSSR count). The van der Waals surface area contributed by atoms with Crippen molar-refractivity contribution in [2.45, 2.75) is 64.8 Å². The van der Waals surface area contributed by atoms with Crippen molar-refractivity contribution in [1.29, 1.82) is 0 Å². The van der Waals surface area contributed by atoms with Gasteiger partial charge in [-0.2, -0.15) is 0 Å². The van der Waals surface area contributed by atoms with Crippen molar-refractivity contribution >= 4 is 18.0 Å². The first kappa shape index (κ1) is 19.2. The molecule has 0 aromatic carbocycles. The van der Waals surface area contributed by atoms with E-state index in [1.165, 1.54) is 4.90 Å². The van der Waals surface area contributed by atoms with E-state index in [2.05, 4.69) is 5.32 Å². The number of nitrogens with one attached hydrogen (secondary N) is 1. The van der Waals surface area contributed by atoms with Gasteiger partial charge in [0.15, 0.2) is 0 Å². The molecule has 132 valence electrons. The van der Waals surface area contributed by atoms with Crippen LogP contribution in [0.4, 0.5) is 4.79 Å². The predicted octanol–water partition coefficient (Wildman–Crippen LogP) is 0.549. The largest absolute Gasteiger partial charge is 0.480 e. The Bertz CT molecular complexity index is 472. The number of nitrogens with zero attached hydrogens (tertiary/aromatic N) is 1. The molecule has 1 aliphatic heterocycles. The fourth-order valence-electron chi connectivity index (χ4n) is 2.47. The summed E-state index contributed by atoms with van der Waals surface area (Å²) in [6.07, 6.45) is -0.502. The van der Waals surface area contributed by atoms with E-state index in [0.717, 1.165) is 0 Å². The van der Waals surface area contributed by atoms with Gasteiger partial charge in [-0.05, 0) is 33.1 Å². The third-order valence-corrected chi connectivity index (χ3v) is 3.51. The van der Waals surface area contributed by atoms with Crippen LogP contribution in [0.25, 0.3) is 0 Å². The maximum absolute atomic E-state index is 12.7. The summed E-state index contributed by atoms with van der Waals surface area (Å²) in [5.74, 6) is -1.77. The number of carboxylic acid groups (broad SMARTS) is 1. The fraction of sp³-hybridized carbons (Fsp3) is 0.800. The molecule has 0 spiro atoms. The van der Waals surface area contributed by atoms with Crippen molar-refractivity contribution in [2.75, 3.05) is 6.54 Å². The molecule has 0 unspecified atom stereocenters. The number of hydrogen-bond acceptors (Lipinski definition) is 5. The van der Waals surface area contributed by atoms with E-state index >= 15 is 0 Å². The molecular weight excluding hydrogens is 302 g/mol. The highest BCUT2D eigenvalue weighted by molar-refractivity contribution is 5.90. The lowest BCUT2D eigenvalue weighted by Gasteiger charge is -2.30. The van der Waals surface area contributed by atoms with Crippen LogP contribution in [0, 0.1) is 5.92 Å². The molecule has 23 heavy (non-hydrogen) atoms. The third-order valence-electron chi connectivity index (χ3n) is 3.51. The van der Waals surface area contributed by atoms with Crippen LogP contribution in [0.2, 0.25) is 0 Å². The summed E-state index contributed by atoms with van der Waals surface area (Å²) >= 11 is 0. The summed E-state index contributed by atoms with van der Waals surface area (Å²) in [6.45, 7) is 8.86. The summed E-state index contributed by atoms with van der Waals surface area (Å²) in [4.78, 5) is 37.1. The Labute approximate surface area is 136 Å². The number of nitrogens with two attached hydrogens (primary N) is 1. The van der Waals surface area contributed by atoms with Crippen molar-refractivity contribution in [2.24, 2.45) is 11.7 Å². The summed E-state index contributed by atoms with van der Waals surface area (Å²) in [5, 5.41) is 11.8. The standard InChI is InChI=1S/C15H27N3O5/c1-8(2)11(17-14(22)23-15(3,4)5)12(19)18-7-9(16)6-10(18)13(20)21/h8-11H,6-7,16H2,1-5H3,(H,17,22)(H,20,21)/t9-,10-,11-/m0/s1. The Morgan fingerprint density at radius 3 is 2.30 bits per heavy atom. The van der Waals surface area contributed by atoms with E-state index in [-0.39, 0.29) is 24.9 Å². The number of carboxylic acids is 1. The molecule has 0 aliphatic carbocycles. The summed E-state index contributed by atoms with van der Waals surface area (Å²) < 4.78 is 5.16. The van der Waals surface area contributed by atoms with Crippen molar-refractivity contribution in [3.63, 3.8) is 0 Å². The number of rotatable bonds is 4. The topological polar surface area (TPSA) is 122 Å². The molecule has 1 aliphatic rings. The normalized spacial score (nSPS) is 22.8. The lowest BCUT2D eigenvalue weighted by molar-refractivity contribution is -0.149. The average Bonchev–Trinajstić information content (AvgIpc) is 2.75. The SMILES string of the molecule is CC(C)[C@H](NC(=O)OC(C)(C)C)C(=O)N1C[C@@H](N)C[C@H]1C(=O)O. The van der Waals surface area contributed by atoms with Crippen LogP contribution in [0.5, 0.6) is 0 Å². The molecule has 2 amide bonds. The van der Waals surface area contributed by atoms with Gasteiger partial charge in [0.1, 0.15) is 17.7 Å². The predicted molar refractivity (Wildman–Crippen MR) is 83.7 cm³/mol. The molecule has 0 saturated carbocycles. The smallest absolute Gasteiger partial charge is 0.408 e. The van der Waals surface area contributed by atoms with E-state index < -0.39 is 35.7 Å². The van der Waals surface area contributed by atoms with Gasteiger partial charge in [-0.3, -0.25) is 4.79 Å². The number of alkyl carbamates (subject to hydrolysis) is 1. The van der Waals surface area contributed by atoms with Gasteiger partial charge in [0.2, 0.25) is 5.91 Å². The average molecular weight is 329 g/mol. The minimum absolute atomic E-state index is 0.162.